The first-order chi connectivity index (χ1) is 19.6. The molecule has 9 heteroatoms. The number of likely N-dealkylation sites (tertiary alicyclic amines) is 1. The van der Waals surface area contributed by atoms with Gasteiger partial charge in [-0.2, -0.15) is 0 Å². The summed E-state index contributed by atoms with van der Waals surface area (Å²) in [6.07, 6.45) is 5.87. The molecule has 2 aromatic rings. The topological polar surface area (TPSA) is 92.1 Å². The molecule has 224 valence electrons. The number of carbonyl (C=O) groups excluding carboxylic acids is 1. The fourth-order valence-corrected chi connectivity index (χ4v) is 6.26. The average molecular weight is 568 g/mol. The van der Waals surface area contributed by atoms with Crippen LogP contribution < -0.4 is 10.3 Å². The van der Waals surface area contributed by atoms with Crippen molar-refractivity contribution in [2.45, 2.75) is 57.5 Å². The highest BCUT2D eigenvalue weighted by Crippen LogP contribution is 2.41. The van der Waals surface area contributed by atoms with E-state index in [1.54, 1.807) is 16.8 Å². The predicted molar refractivity (Wildman–Crippen MR) is 159 cm³/mol. The molecule has 1 N–H and O–H groups in total. The molecule has 0 radical (unpaired) electrons. The predicted octanol–water partition coefficient (Wildman–Crippen LogP) is 3.07. The number of ether oxygens (including phenoxy) is 1. The van der Waals surface area contributed by atoms with E-state index < -0.39 is 11.9 Å². The lowest BCUT2D eigenvalue weighted by Gasteiger charge is -2.31. The van der Waals surface area contributed by atoms with Crippen LogP contribution in [-0.4, -0.2) is 102 Å². The Bertz CT molecular complexity index is 1250. The fourth-order valence-electron chi connectivity index (χ4n) is 6.26. The third kappa shape index (κ3) is 7.98. The summed E-state index contributed by atoms with van der Waals surface area (Å²) in [5, 5.41) is 10.5. The maximum absolute atomic E-state index is 13.8. The molecule has 4 rings (SSSR count). The Morgan fingerprint density at radius 1 is 1.12 bits per heavy atom. The first-order valence-corrected chi connectivity index (χ1v) is 15.0. The number of aliphatic carboxylic acids is 1. The Balaban J connectivity index is 1.58. The molecule has 0 bridgehead atoms. The summed E-state index contributed by atoms with van der Waals surface area (Å²) in [6.45, 7) is 6.20. The Morgan fingerprint density at radius 3 is 2.61 bits per heavy atom. The second-order valence-corrected chi connectivity index (χ2v) is 12.6. The van der Waals surface area contributed by atoms with Crippen LogP contribution in [-0.2, 0) is 22.6 Å². The molecule has 0 unspecified atom stereocenters. The van der Waals surface area contributed by atoms with E-state index in [4.69, 9.17) is 4.74 Å². The largest absolute Gasteiger partial charge is 0.493 e. The van der Waals surface area contributed by atoms with Crippen LogP contribution in [0.5, 0.6) is 5.75 Å². The standard InChI is InChI=1S/C32H46N4O5/c1-5-6-15-33(17-9-19-36(2,3)4)30(38)23-35-22-26(24-11-12-28-25(21-24)14-20-41-28)31(32(39)40)27(35)13-18-34-16-8-7-10-29(34)37/h7-8,10-12,16,21,26-27,31H,5-6,9,13-15,17-20,22-23H2,1-4H3/p+1/t26-,27+,31-/m1/s1. The molecular formula is C32H47N4O5+. The fraction of sp³-hybridized carbons (Fsp3) is 0.594. The number of benzene rings is 1. The molecule has 1 aromatic heterocycles. The van der Waals surface area contributed by atoms with Gasteiger partial charge in [-0.3, -0.25) is 19.3 Å². The molecule has 2 aliphatic heterocycles. The van der Waals surface area contributed by atoms with Crippen LogP contribution in [0.1, 0.15) is 49.7 Å². The molecule has 1 amide bonds. The maximum atomic E-state index is 13.8. The zero-order chi connectivity index (χ0) is 29.6. The molecule has 0 aliphatic carbocycles. The van der Waals surface area contributed by atoms with Crippen LogP contribution >= 0.6 is 0 Å². The van der Waals surface area contributed by atoms with E-state index in [1.165, 1.54) is 6.07 Å². The number of pyridine rings is 1. The van der Waals surface area contributed by atoms with Crippen molar-refractivity contribution in [3.05, 3.63) is 64.1 Å². The van der Waals surface area contributed by atoms with E-state index >= 15 is 0 Å². The van der Waals surface area contributed by atoms with Crippen LogP contribution in [0, 0.1) is 5.92 Å². The quantitative estimate of drug-likeness (QED) is 0.353. The zero-order valence-electron chi connectivity index (χ0n) is 25.1. The van der Waals surface area contributed by atoms with E-state index in [9.17, 15) is 19.5 Å². The van der Waals surface area contributed by atoms with Gasteiger partial charge in [-0.15, -0.1) is 0 Å². The summed E-state index contributed by atoms with van der Waals surface area (Å²) in [5.41, 5.74) is 1.97. The molecule has 1 aromatic carbocycles. The van der Waals surface area contributed by atoms with Crippen LogP contribution in [0.25, 0.3) is 0 Å². The highest BCUT2D eigenvalue weighted by Gasteiger charge is 2.47. The van der Waals surface area contributed by atoms with Crippen molar-refractivity contribution in [2.75, 3.05) is 60.5 Å². The number of quaternary nitrogens is 1. The monoisotopic (exact) mass is 567 g/mol. The number of hydrogen-bond donors (Lipinski definition) is 1. The third-order valence-electron chi connectivity index (χ3n) is 8.47. The van der Waals surface area contributed by atoms with Crippen LogP contribution in [0.3, 0.4) is 0 Å². The number of rotatable bonds is 14. The number of fused-ring (bicyclic) bond motifs is 1. The van der Waals surface area contributed by atoms with Gasteiger partial charge >= 0.3 is 5.97 Å². The van der Waals surface area contributed by atoms with Gasteiger partial charge in [-0.05, 0) is 36.1 Å². The van der Waals surface area contributed by atoms with Crippen molar-refractivity contribution in [1.29, 1.82) is 0 Å². The van der Waals surface area contributed by atoms with Crippen LogP contribution in [0.4, 0.5) is 0 Å². The molecule has 0 saturated carbocycles. The summed E-state index contributed by atoms with van der Waals surface area (Å²) in [7, 11) is 6.47. The van der Waals surface area contributed by atoms with Gasteiger partial charge in [0.15, 0.2) is 0 Å². The number of nitrogens with zero attached hydrogens (tertiary/aromatic N) is 4. The molecular weight excluding hydrogens is 520 g/mol. The molecule has 41 heavy (non-hydrogen) atoms. The summed E-state index contributed by atoms with van der Waals surface area (Å²) in [4.78, 5) is 43.1. The summed E-state index contributed by atoms with van der Waals surface area (Å²) >= 11 is 0. The van der Waals surface area contributed by atoms with Gasteiger partial charge in [0.25, 0.3) is 0 Å². The van der Waals surface area contributed by atoms with Gasteiger partial charge in [0, 0.05) is 63.2 Å². The van der Waals surface area contributed by atoms with Gasteiger partial charge in [0.2, 0.25) is 11.5 Å². The third-order valence-corrected chi connectivity index (χ3v) is 8.47. The molecule has 9 nitrogen and oxygen atoms in total. The number of aromatic nitrogens is 1. The first kappa shape index (κ1) is 30.8. The van der Waals surface area contributed by atoms with E-state index in [1.807, 2.05) is 23.1 Å². The first-order valence-electron chi connectivity index (χ1n) is 15.0. The second-order valence-electron chi connectivity index (χ2n) is 12.6. The minimum absolute atomic E-state index is 0.0499. The number of unbranched alkanes of at least 4 members (excludes halogenated alkanes) is 1. The Labute approximate surface area is 243 Å². The van der Waals surface area contributed by atoms with Gasteiger partial charge in [0.1, 0.15) is 5.75 Å². The number of hydrogen-bond acceptors (Lipinski definition) is 5. The lowest BCUT2D eigenvalue weighted by Crippen LogP contribution is -2.46. The average Bonchev–Trinajstić information content (AvgIpc) is 3.53. The highest BCUT2D eigenvalue weighted by atomic mass is 16.5. The highest BCUT2D eigenvalue weighted by molar-refractivity contribution is 5.79. The van der Waals surface area contributed by atoms with Crippen LogP contribution in [0.2, 0.25) is 0 Å². The molecule has 2 aliphatic rings. The normalized spacial score (nSPS) is 20.5. The smallest absolute Gasteiger partial charge is 0.308 e. The second kappa shape index (κ2) is 13.7. The minimum atomic E-state index is -0.863. The molecule has 3 atom stereocenters. The Kier molecular flexibility index (Phi) is 10.3. The molecule has 0 spiro atoms. The summed E-state index contributed by atoms with van der Waals surface area (Å²) < 4.78 is 8.15. The maximum Gasteiger partial charge on any atom is 0.308 e. The van der Waals surface area contributed by atoms with Crippen LogP contribution in [0.15, 0.2) is 47.4 Å². The van der Waals surface area contributed by atoms with Crippen molar-refractivity contribution in [1.82, 2.24) is 14.4 Å². The van der Waals surface area contributed by atoms with E-state index in [0.29, 0.717) is 39.2 Å². The van der Waals surface area contributed by atoms with E-state index in [-0.39, 0.29) is 30.0 Å². The van der Waals surface area contributed by atoms with Gasteiger partial charge in [-0.1, -0.05) is 31.5 Å². The number of amides is 1. The van der Waals surface area contributed by atoms with E-state index in [2.05, 4.69) is 39.0 Å². The van der Waals surface area contributed by atoms with Crippen molar-refractivity contribution in [2.24, 2.45) is 5.92 Å². The SMILES string of the molecule is CCCCN(CCC[N+](C)(C)C)C(=O)CN1C[C@H](c2ccc3c(c2)CCO3)[C@@H](C(=O)O)[C@@H]1CCn1ccccc1=O. The molecule has 3 heterocycles. The van der Waals surface area contributed by atoms with Gasteiger partial charge < -0.3 is 23.8 Å². The number of carboxylic acids is 1. The number of carboxylic acid groups (broad SMARTS) is 1. The van der Waals surface area contributed by atoms with Crippen molar-refractivity contribution in [3.8, 4) is 5.75 Å². The molecule has 1 saturated heterocycles. The van der Waals surface area contributed by atoms with Crippen molar-refractivity contribution >= 4 is 11.9 Å². The van der Waals surface area contributed by atoms with Crippen molar-refractivity contribution < 1.29 is 23.9 Å². The Morgan fingerprint density at radius 2 is 1.90 bits per heavy atom. The molecule has 1 fully saturated rings. The summed E-state index contributed by atoms with van der Waals surface area (Å²) in [6, 6.07) is 10.7. The Hall–Kier alpha value is -3.17. The zero-order valence-corrected chi connectivity index (χ0v) is 25.1. The van der Waals surface area contributed by atoms with Crippen molar-refractivity contribution in [3.63, 3.8) is 0 Å². The lowest BCUT2D eigenvalue weighted by molar-refractivity contribution is -0.870. The summed E-state index contributed by atoms with van der Waals surface area (Å²) in [5.74, 6) is -0.895. The number of carbonyl (C=O) groups is 2. The number of aryl methyl sites for hydroxylation is 1. The lowest BCUT2D eigenvalue weighted by atomic mass is 9.83. The van der Waals surface area contributed by atoms with E-state index in [0.717, 1.165) is 53.6 Å². The van der Waals surface area contributed by atoms with Gasteiger partial charge in [0.05, 0.1) is 46.8 Å². The minimum Gasteiger partial charge on any atom is -0.493 e. The van der Waals surface area contributed by atoms with Gasteiger partial charge in [-0.25, -0.2) is 0 Å².